The molecule has 7 nitrogen and oxygen atoms in total. The van der Waals surface area contributed by atoms with Crippen LogP contribution in [0.1, 0.15) is 108 Å². The van der Waals surface area contributed by atoms with Crippen LogP contribution in [-0.4, -0.2) is 25.7 Å². The maximum atomic E-state index is 13.3. The molecule has 2 aromatic carbocycles. The Balaban J connectivity index is 2.30. The van der Waals surface area contributed by atoms with Gasteiger partial charge in [0.05, 0.1) is 19.8 Å². The Labute approximate surface area is 229 Å². The minimum Gasteiger partial charge on any atom is -0.490 e. The first-order chi connectivity index (χ1) is 18.5. The Bertz CT molecular complexity index is 909. The number of rotatable bonds is 20. The topological polar surface area (TPSA) is 109 Å². The fourth-order valence-corrected chi connectivity index (χ4v) is 4.14. The van der Waals surface area contributed by atoms with Crippen molar-refractivity contribution in [1.82, 2.24) is 0 Å². The summed E-state index contributed by atoms with van der Waals surface area (Å²) in [5.41, 5.74) is 13.8. The summed E-state index contributed by atoms with van der Waals surface area (Å²) in [5.74, 6) is 1.37. The Hall–Kier alpha value is -3.09. The number of unbranched alkanes of at least 4 members (excludes halogenated alkanes) is 9. The van der Waals surface area contributed by atoms with E-state index >= 15 is 0 Å². The van der Waals surface area contributed by atoms with Gasteiger partial charge in [-0.15, -0.1) is 0 Å². The van der Waals surface area contributed by atoms with Gasteiger partial charge in [-0.25, -0.2) is 0 Å². The van der Waals surface area contributed by atoms with E-state index in [0.717, 1.165) is 51.4 Å². The summed E-state index contributed by atoms with van der Waals surface area (Å²) in [6.07, 6.45) is 13.1. The van der Waals surface area contributed by atoms with Crippen LogP contribution in [0.5, 0.6) is 17.2 Å². The molecule has 0 aliphatic rings. The van der Waals surface area contributed by atoms with Crippen molar-refractivity contribution in [3.63, 3.8) is 0 Å². The van der Waals surface area contributed by atoms with Gasteiger partial charge in [-0.05, 0) is 49.6 Å². The maximum absolute atomic E-state index is 13.3. The number of carbonyl (C=O) groups excluding carboxylic acids is 1. The Morgan fingerprint density at radius 2 is 1.08 bits per heavy atom. The van der Waals surface area contributed by atoms with Gasteiger partial charge in [0, 0.05) is 22.6 Å². The molecule has 38 heavy (non-hydrogen) atoms. The molecule has 0 aliphatic carbocycles. The molecule has 0 bridgehead atoms. The van der Waals surface area contributed by atoms with Crippen molar-refractivity contribution in [2.24, 2.45) is 0 Å². The molecule has 0 aromatic heterocycles. The molecule has 1 amide bonds. The summed E-state index contributed by atoms with van der Waals surface area (Å²) in [6.45, 7) is 8.25. The highest BCUT2D eigenvalue weighted by Gasteiger charge is 2.19. The van der Waals surface area contributed by atoms with Gasteiger partial charge in [0.1, 0.15) is 0 Å². The number of nitrogens with one attached hydrogen (secondary N) is 1. The molecule has 0 saturated carbocycles. The smallest absolute Gasteiger partial charge is 0.255 e. The van der Waals surface area contributed by atoms with Crippen molar-refractivity contribution in [3.05, 3.63) is 35.9 Å². The van der Waals surface area contributed by atoms with Crippen LogP contribution in [0.3, 0.4) is 0 Å². The van der Waals surface area contributed by atoms with Crippen LogP contribution in [0, 0.1) is 0 Å². The molecule has 2 rings (SSSR count). The molecule has 0 heterocycles. The second kappa shape index (κ2) is 18.2. The highest BCUT2D eigenvalue weighted by atomic mass is 16.5. The predicted molar refractivity (Wildman–Crippen MR) is 159 cm³/mol. The van der Waals surface area contributed by atoms with E-state index in [1.54, 1.807) is 30.3 Å². The second-order valence-electron chi connectivity index (χ2n) is 9.87. The first-order valence-electron chi connectivity index (χ1n) is 14.5. The molecule has 0 aliphatic heterocycles. The van der Waals surface area contributed by atoms with Crippen molar-refractivity contribution >= 4 is 23.0 Å². The lowest BCUT2D eigenvalue weighted by molar-refractivity contribution is 0.102. The quantitative estimate of drug-likeness (QED) is 0.119. The standard InChI is InChI=1S/C31H49N3O4/c1-4-7-10-13-16-36-28-19-24(31(35)34-27-22-25(32)21-26(33)23-27)20-29(37-17-14-11-8-5-2)30(28)38-18-15-12-9-6-3/h19-23H,4-18,32-33H2,1-3H3,(H,34,35). The highest BCUT2D eigenvalue weighted by Crippen LogP contribution is 2.40. The Kier molecular flexibility index (Phi) is 14.9. The Morgan fingerprint density at radius 1 is 0.632 bits per heavy atom. The fraction of sp³-hybridized carbons (Fsp3) is 0.581. The van der Waals surface area contributed by atoms with Crippen LogP contribution < -0.4 is 31.0 Å². The average molecular weight is 528 g/mol. The van der Waals surface area contributed by atoms with Crippen LogP contribution in [0.2, 0.25) is 0 Å². The number of benzene rings is 2. The summed E-state index contributed by atoms with van der Waals surface area (Å²) in [7, 11) is 0. The van der Waals surface area contributed by atoms with Crippen molar-refractivity contribution in [1.29, 1.82) is 0 Å². The van der Waals surface area contributed by atoms with E-state index in [-0.39, 0.29) is 5.91 Å². The van der Waals surface area contributed by atoms with Crippen LogP contribution in [0.15, 0.2) is 30.3 Å². The van der Waals surface area contributed by atoms with E-state index in [2.05, 4.69) is 26.1 Å². The van der Waals surface area contributed by atoms with Crippen LogP contribution >= 0.6 is 0 Å². The third kappa shape index (κ3) is 11.5. The number of nitrogens with two attached hydrogens (primary N) is 2. The third-order valence-electron chi connectivity index (χ3n) is 6.27. The molecule has 5 N–H and O–H groups in total. The summed E-state index contributed by atoms with van der Waals surface area (Å²) in [5, 5.41) is 2.90. The molecule has 7 heteroatoms. The van der Waals surface area contributed by atoms with Gasteiger partial charge in [0.2, 0.25) is 5.75 Å². The lowest BCUT2D eigenvalue weighted by Gasteiger charge is -2.19. The lowest BCUT2D eigenvalue weighted by Crippen LogP contribution is -2.14. The minimum atomic E-state index is -0.295. The second-order valence-corrected chi connectivity index (χ2v) is 9.87. The number of ether oxygens (including phenoxy) is 3. The van der Waals surface area contributed by atoms with Crippen LogP contribution in [0.4, 0.5) is 17.1 Å². The molecule has 212 valence electrons. The lowest BCUT2D eigenvalue weighted by atomic mass is 10.1. The molecule has 0 saturated heterocycles. The van der Waals surface area contributed by atoms with Gasteiger partial charge in [0.25, 0.3) is 5.91 Å². The van der Waals surface area contributed by atoms with E-state index in [1.807, 2.05) is 0 Å². The summed E-state index contributed by atoms with van der Waals surface area (Å²) < 4.78 is 18.6. The van der Waals surface area contributed by atoms with E-state index in [1.165, 1.54) is 25.7 Å². The zero-order chi connectivity index (χ0) is 27.6. The van der Waals surface area contributed by atoms with E-state index in [9.17, 15) is 4.79 Å². The average Bonchev–Trinajstić information content (AvgIpc) is 2.88. The predicted octanol–water partition coefficient (Wildman–Crippen LogP) is 7.98. The molecule has 0 unspecified atom stereocenters. The minimum absolute atomic E-state index is 0.295. The largest absolute Gasteiger partial charge is 0.490 e. The van der Waals surface area contributed by atoms with Crippen LogP contribution in [0.25, 0.3) is 0 Å². The summed E-state index contributed by atoms with van der Waals surface area (Å²) >= 11 is 0. The summed E-state index contributed by atoms with van der Waals surface area (Å²) in [6, 6.07) is 8.50. The molecule has 0 fully saturated rings. The maximum Gasteiger partial charge on any atom is 0.255 e. The van der Waals surface area contributed by atoms with Gasteiger partial charge < -0.3 is 31.0 Å². The molecule has 0 radical (unpaired) electrons. The number of anilines is 3. The van der Waals surface area contributed by atoms with Crippen molar-refractivity contribution in [3.8, 4) is 17.2 Å². The first-order valence-corrected chi connectivity index (χ1v) is 14.5. The van der Waals surface area contributed by atoms with Gasteiger partial charge in [-0.2, -0.15) is 0 Å². The molecule has 0 atom stereocenters. The van der Waals surface area contributed by atoms with Crippen molar-refractivity contribution < 1.29 is 19.0 Å². The van der Waals surface area contributed by atoms with Crippen LogP contribution in [-0.2, 0) is 0 Å². The number of nitrogen functional groups attached to an aromatic ring is 2. The zero-order valence-electron chi connectivity index (χ0n) is 23.8. The van der Waals surface area contributed by atoms with Crippen molar-refractivity contribution in [2.45, 2.75) is 97.8 Å². The van der Waals surface area contributed by atoms with E-state index < -0.39 is 0 Å². The molecular formula is C31H49N3O4. The van der Waals surface area contributed by atoms with Gasteiger partial charge in [-0.3, -0.25) is 4.79 Å². The van der Waals surface area contributed by atoms with Crippen molar-refractivity contribution in [2.75, 3.05) is 36.6 Å². The fourth-order valence-electron chi connectivity index (χ4n) is 4.14. The van der Waals surface area contributed by atoms with E-state index in [0.29, 0.717) is 59.7 Å². The molecular weight excluding hydrogens is 478 g/mol. The normalized spacial score (nSPS) is 10.8. The number of amides is 1. The highest BCUT2D eigenvalue weighted by molar-refractivity contribution is 6.05. The number of carbonyl (C=O) groups is 1. The van der Waals surface area contributed by atoms with Gasteiger partial charge >= 0.3 is 0 Å². The molecule has 0 spiro atoms. The molecule has 2 aromatic rings. The van der Waals surface area contributed by atoms with E-state index in [4.69, 9.17) is 25.7 Å². The summed E-state index contributed by atoms with van der Waals surface area (Å²) in [4.78, 5) is 13.3. The Morgan fingerprint density at radius 3 is 1.53 bits per heavy atom. The number of hydrogen-bond acceptors (Lipinski definition) is 6. The number of hydrogen-bond donors (Lipinski definition) is 3. The van der Waals surface area contributed by atoms with Gasteiger partial charge in [-0.1, -0.05) is 78.6 Å². The zero-order valence-corrected chi connectivity index (χ0v) is 23.8. The van der Waals surface area contributed by atoms with Gasteiger partial charge in [0.15, 0.2) is 11.5 Å². The SMILES string of the molecule is CCCCCCOc1cc(C(=O)Nc2cc(N)cc(N)c2)cc(OCCCCCC)c1OCCCCCC. The first kappa shape index (κ1) is 31.1. The monoisotopic (exact) mass is 527 g/mol. The third-order valence-corrected chi connectivity index (χ3v) is 6.27.